The van der Waals surface area contributed by atoms with E-state index in [9.17, 15) is 4.79 Å². The molecule has 38 heavy (non-hydrogen) atoms. The SMILES string of the molecule is COc1cc(OCC(C)C)cc(CCC(=O)c2cccc(OCC(C)C)c2OCC(C)C)c1OCC(C)C. The van der Waals surface area contributed by atoms with Gasteiger partial charge in [-0.1, -0.05) is 61.5 Å². The molecule has 0 bridgehead atoms. The minimum Gasteiger partial charge on any atom is -0.493 e. The lowest BCUT2D eigenvalue weighted by atomic mass is 10.00. The second kappa shape index (κ2) is 15.5. The summed E-state index contributed by atoms with van der Waals surface area (Å²) in [6.07, 6.45) is 0.753. The van der Waals surface area contributed by atoms with Gasteiger partial charge in [0.15, 0.2) is 28.8 Å². The molecule has 0 aliphatic carbocycles. The molecular weight excluding hydrogens is 480 g/mol. The summed E-state index contributed by atoms with van der Waals surface area (Å²) in [5, 5.41) is 0. The third kappa shape index (κ3) is 10.1. The number of hydrogen-bond acceptors (Lipinski definition) is 6. The molecule has 0 aliphatic rings. The third-order valence-corrected chi connectivity index (χ3v) is 5.50. The Kier molecular flexibility index (Phi) is 12.8. The summed E-state index contributed by atoms with van der Waals surface area (Å²) in [4.78, 5) is 13.6. The van der Waals surface area contributed by atoms with Crippen molar-refractivity contribution in [1.82, 2.24) is 0 Å². The number of Topliss-reactive ketones (excluding diaryl/α,β-unsaturated/α-hetero) is 1. The van der Waals surface area contributed by atoms with Crippen molar-refractivity contribution in [2.24, 2.45) is 23.7 Å². The van der Waals surface area contributed by atoms with E-state index in [1.807, 2.05) is 30.3 Å². The van der Waals surface area contributed by atoms with Crippen molar-refractivity contribution in [1.29, 1.82) is 0 Å². The highest BCUT2D eigenvalue weighted by molar-refractivity contribution is 5.99. The first-order valence-corrected chi connectivity index (χ1v) is 13.9. The number of hydrogen-bond donors (Lipinski definition) is 0. The van der Waals surface area contributed by atoms with Crippen LogP contribution in [0.1, 0.15) is 77.7 Å². The van der Waals surface area contributed by atoms with Gasteiger partial charge in [0.2, 0.25) is 0 Å². The molecule has 0 atom stereocenters. The molecule has 0 saturated heterocycles. The number of benzene rings is 2. The van der Waals surface area contributed by atoms with Crippen molar-refractivity contribution < 1.29 is 28.5 Å². The third-order valence-electron chi connectivity index (χ3n) is 5.50. The summed E-state index contributed by atoms with van der Waals surface area (Å²) >= 11 is 0. The molecular formula is C32H48O6. The minimum absolute atomic E-state index is 0.0129. The zero-order chi connectivity index (χ0) is 28.2. The van der Waals surface area contributed by atoms with Crippen LogP contribution in [0, 0.1) is 23.7 Å². The maximum atomic E-state index is 13.6. The van der Waals surface area contributed by atoms with Gasteiger partial charge in [-0.25, -0.2) is 0 Å². The normalized spacial score (nSPS) is 11.4. The molecule has 2 aromatic carbocycles. The number of carbonyl (C=O) groups excluding carboxylic acids is 1. The molecule has 0 spiro atoms. The van der Waals surface area contributed by atoms with Gasteiger partial charge in [-0.2, -0.15) is 0 Å². The van der Waals surface area contributed by atoms with Crippen molar-refractivity contribution in [2.45, 2.75) is 68.2 Å². The van der Waals surface area contributed by atoms with Crippen molar-refractivity contribution in [3.05, 3.63) is 41.5 Å². The first kappa shape index (κ1) is 31.3. The van der Waals surface area contributed by atoms with Gasteiger partial charge in [0.05, 0.1) is 39.1 Å². The fourth-order valence-electron chi connectivity index (χ4n) is 3.62. The van der Waals surface area contributed by atoms with Gasteiger partial charge in [-0.15, -0.1) is 0 Å². The summed E-state index contributed by atoms with van der Waals surface area (Å²) in [6.45, 7) is 19.0. The van der Waals surface area contributed by atoms with Crippen LogP contribution in [0.3, 0.4) is 0 Å². The summed E-state index contributed by atoms with van der Waals surface area (Å²) in [7, 11) is 1.62. The van der Waals surface area contributed by atoms with Gasteiger partial charge in [-0.3, -0.25) is 4.79 Å². The van der Waals surface area contributed by atoms with Crippen molar-refractivity contribution in [3.8, 4) is 28.7 Å². The quantitative estimate of drug-likeness (QED) is 0.197. The lowest BCUT2D eigenvalue weighted by molar-refractivity contribution is 0.0976. The molecule has 0 unspecified atom stereocenters. The molecule has 0 N–H and O–H groups in total. The molecule has 6 heteroatoms. The standard InChI is InChI=1S/C32H48O6/c1-21(2)17-35-26-15-25(31(30(16-26)34-9)37-19-23(5)6)13-14-28(33)27-11-10-12-29(36-18-22(3)4)32(27)38-20-24(7)8/h10-12,15-16,21-24H,13-14,17-20H2,1-9H3. The van der Waals surface area contributed by atoms with Crippen LogP contribution in [-0.4, -0.2) is 39.3 Å². The molecule has 2 aromatic rings. The Morgan fingerprint density at radius 3 is 1.82 bits per heavy atom. The number of ketones is 1. The van der Waals surface area contributed by atoms with E-state index in [-0.39, 0.29) is 12.2 Å². The van der Waals surface area contributed by atoms with Crippen LogP contribution in [0.25, 0.3) is 0 Å². The molecule has 0 saturated carbocycles. The Labute approximate surface area is 230 Å². The van der Waals surface area contributed by atoms with Crippen molar-refractivity contribution in [3.63, 3.8) is 0 Å². The second-order valence-electron chi connectivity index (χ2n) is 11.5. The Balaban J connectivity index is 2.36. The highest BCUT2D eigenvalue weighted by Gasteiger charge is 2.21. The van der Waals surface area contributed by atoms with Crippen LogP contribution in [0.15, 0.2) is 30.3 Å². The summed E-state index contributed by atoms with van der Waals surface area (Å²) in [5.41, 5.74) is 1.42. The fourth-order valence-corrected chi connectivity index (χ4v) is 3.62. The number of rotatable bonds is 17. The van der Waals surface area contributed by atoms with Crippen molar-refractivity contribution in [2.75, 3.05) is 33.5 Å². The average Bonchev–Trinajstić information content (AvgIpc) is 2.86. The zero-order valence-corrected chi connectivity index (χ0v) is 24.9. The van der Waals surface area contributed by atoms with E-state index in [1.165, 1.54) is 0 Å². The van der Waals surface area contributed by atoms with Gasteiger partial charge < -0.3 is 23.7 Å². The molecule has 6 nitrogen and oxygen atoms in total. The van der Waals surface area contributed by atoms with Gasteiger partial charge in [0.1, 0.15) is 5.75 Å². The van der Waals surface area contributed by atoms with E-state index in [2.05, 4.69) is 55.4 Å². The molecule has 2 rings (SSSR count). The number of para-hydroxylation sites is 1. The molecule has 212 valence electrons. The maximum Gasteiger partial charge on any atom is 0.171 e. The van der Waals surface area contributed by atoms with E-state index >= 15 is 0 Å². The van der Waals surface area contributed by atoms with Gasteiger partial charge >= 0.3 is 0 Å². The maximum absolute atomic E-state index is 13.6. The van der Waals surface area contributed by atoms with Crippen LogP contribution in [-0.2, 0) is 6.42 Å². The summed E-state index contributed by atoms with van der Waals surface area (Å²) in [5.74, 6) is 4.51. The van der Waals surface area contributed by atoms with Crippen molar-refractivity contribution >= 4 is 5.78 Å². The second-order valence-corrected chi connectivity index (χ2v) is 11.5. The van der Waals surface area contributed by atoms with Gasteiger partial charge in [0, 0.05) is 18.1 Å². The smallest absolute Gasteiger partial charge is 0.171 e. The number of carbonyl (C=O) groups is 1. The minimum atomic E-state index is -0.0129. The van der Waals surface area contributed by atoms with E-state index in [4.69, 9.17) is 23.7 Å². The summed E-state index contributed by atoms with van der Waals surface area (Å²) < 4.78 is 30.0. The van der Waals surface area contributed by atoms with Gasteiger partial charge in [-0.05, 0) is 48.3 Å². The van der Waals surface area contributed by atoms with E-state index in [0.29, 0.717) is 90.8 Å². The number of aryl methyl sites for hydroxylation is 1. The zero-order valence-electron chi connectivity index (χ0n) is 24.9. The Morgan fingerprint density at radius 2 is 1.24 bits per heavy atom. The molecule has 0 fully saturated rings. The van der Waals surface area contributed by atoms with Gasteiger partial charge in [0.25, 0.3) is 0 Å². The Morgan fingerprint density at radius 1 is 0.684 bits per heavy atom. The molecule has 0 heterocycles. The predicted molar refractivity (Wildman–Crippen MR) is 153 cm³/mol. The highest BCUT2D eigenvalue weighted by Crippen LogP contribution is 2.38. The first-order chi connectivity index (χ1) is 18.0. The van der Waals surface area contributed by atoms with Crippen LogP contribution in [0.5, 0.6) is 28.7 Å². The van der Waals surface area contributed by atoms with Crippen LogP contribution < -0.4 is 23.7 Å². The molecule has 0 aliphatic heterocycles. The lowest BCUT2D eigenvalue weighted by Gasteiger charge is -2.20. The molecule has 0 amide bonds. The molecule has 0 radical (unpaired) electrons. The summed E-state index contributed by atoms with van der Waals surface area (Å²) in [6, 6.07) is 9.36. The fraction of sp³-hybridized carbons (Fsp3) is 0.594. The van der Waals surface area contributed by atoms with E-state index in [0.717, 1.165) is 5.56 Å². The van der Waals surface area contributed by atoms with E-state index in [1.54, 1.807) is 7.11 Å². The number of ether oxygens (including phenoxy) is 5. The van der Waals surface area contributed by atoms with Crippen LogP contribution >= 0.6 is 0 Å². The predicted octanol–water partition coefficient (Wildman–Crippen LogP) is 7.65. The van der Waals surface area contributed by atoms with Crippen LogP contribution in [0.4, 0.5) is 0 Å². The Hall–Kier alpha value is -2.89. The van der Waals surface area contributed by atoms with Crippen LogP contribution in [0.2, 0.25) is 0 Å². The monoisotopic (exact) mass is 528 g/mol. The van der Waals surface area contributed by atoms with E-state index < -0.39 is 0 Å². The average molecular weight is 529 g/mol. The lowest BCUT2D eigenvalue weighted by Crippen LogP contribution is -2.13. The highest BCUT2D eigenvalue weighted by atomic mass is 16.5. The first-order valence-electron chi connectivity index (χ1n) is 13.9. The number of methoxy groups -OCH3 is 1. The topological polar surface area (TPSA) is 63.2 Å². The largest absolute Gasteiger partial charge is 0.493 e. The Bertz CT molecular complexity index is 1010. The molecule has 0 aromatic heterocycles.